The smallest absolute Gasteiger partial charge is 0.284 e. The predicted octanol–water partition coefficient (Wildman–Crippen LogP) is 1.64. The van der Waals surface area contributed by atoms with Crippen LogP contribution >= 0.6 is 24.0 Å². The molecule has 0 aliphatic heterocycles. The summed E-state index contributed by atoms with van der Waals surface area (Å²) in [7, 11) is 3.66. The topological polar surface area (TPSA) is 110 Å². The zero-order valence-electron chi connectivity index (χ0n) is 15.8. The minimum atomic E-state index is -0.579. The first-order valence-corrected chi connectivity index (χ1v) is 8.16. The number of amides is 1. The quantitative estimate of drug-likeness (QED) is 0.335. The van der Waals surface area contributed by atoms with Crippen LogP contribution in [0.2, 0.25) is 0 Å². The minimum Gasteiger partial charge on any atom is -0.454 e. The standard InChI is InChI=1S/C17H26N6O2.HI/c1-10(8-14-11(2)22-23(5)12(14)3)21-17(19-4)20-9-13-6-7-15(25-13)16(18)24;/h6-7,10H,8-9H2,1-5H3,(H2,18,24)(H2,19,20,21);1H. The van der Waals surface area contributed by atoms with E-state index in [1.165, 1.54) is 11.3 Å². The Hall–Kier alpha value is -2.04. The summed E-state index contributed by atoms with van der Waals surface area (Å²) >= 11 is 0. The number of guanidine groups is 1. The van der Waals surface area contributed by atoms with Crippen LogP contribution in [0, 0.1) is 13.8 Å². The van der Waals surface area contributed by atoms with Crippen molar-refractivity contribution in [1.29, 1.82) is 0 Å². The van der Waals surface area contributed by atoms with Gasteiger partial charge in [-0.2, -0.15) is 5.10 Å². The second-order valence-electron chi connectivity index (χ2n) is 6.08. The van der Waals surface area contributed by atoms with Crippen molar-refractivity contribution >= 4 is 35.8 Å². The normalized spacial score (nSPS) is 12.4. The van der Waals surface area contributed by atoms with Gasteiger partial charge < -0.3 is 20.8 Å². The van der Waals surface area contributed by atoms with Gasteiger partial charge in [0.05, 0.1) is 12.2 Å². The monoisotopic (exact) mass is 474 g/mol. The molecule has 0 radical (unpaired) electrons. The van der Waals surface area contributed by atoms with Gasteiger partial charge in [-0.1, -0.05) is 0 Å². The van der Waals surface area contributed by atoms with E-state index in [9.17, 15) is 4.79 Å². The van der Waals surface area contributed by atoms with E-state index in [1.54, 1.807) is 19.2 Å². The molecule has 144 valence electrons. The Morgan fingerprint density at radius 2 is 2.12 bits per heavy atom. The number of aryl methyl sites for hydroxylation is 2. The number of nitrogens with one attached hydrogen (secondary N) is 2. The summed E-state index contributed by atoms with van der Waals surface area (Å²) < 4.78 is 7.24. The number of halogens is 1. The maximum absolute atomic E-state index is 11.0. The zero-order chi connectivity index (χ0) is 18.6. The first kappa shape index (κ1) is 22.0. The molecule has 2 aromatic rings. The summed E-state index contributed by atoms with van der Waals surface area (Å²) in [5.41, 5.74) is 8.64. The highest BCUT2D eigenvalue weighted by Gasteiger charge is 2.14. The third-order valence-corrected chi connectivity index (χ3v) is 4.11. The Labute approximate surface area is 170 Å². The van der Waals surface area contributed by atoms with Crippen molar-refractivity contribution in [2.45, 2.75) is 39.8 Å². The van der Waals surface area contributed by atoms with Crippen molar-refractivity contribution in [3.63, 3.8) is 0 Å². The number of aliphatic imine (C=N–C) groups is 1. The summed E-state index contributed by atoms with van der Waals surface area (Å²) in [6.07, 6.45) is 0.846. The highest BCUT2D eigenvalue weighted by atomic mass is 127. The Bertz CT molecular complexity index is 780. The predicted molar refractivity (Wildman–Crippen MR) is 112 cm³/mol. The van der Waals surface area contributed by atoms with E-state index in [0.29, 0.717) is 18.3 Å². The maximum atomic E-state index is 11.0. The van der Waals surface area contributed by atoms with Crippen LogP contribution < -0.4 is 16.4 Å². The van der Waals surface area contributed by atoms with Crippen LogP contribution in [0.1, 0.15) is 40.2 Å². The van der Waals surface area contributed by atoms with Gasteiger partial charge in [0.2, 0.25) is 0 Å². The average molecular weight is 474 g/mol. The molecular weight excluding hydrogens is 447 g/mol. The fourth-order valence-corrected chi connectivity index (χ4v) is 2.67. The fraction of sp³-hybridized carbons (Fsp3) is 0.471. The number of carbonyl (C=O) groups excluding carboxylic acids is 1. The van der Waals surface area contributed by atoms with E-state index in [4.69, 9.17) is 10.2 Å². The number of carbonyl (C=O) groups is 1. The van der Waals surface area contributed by atoms with Gasteiger partial charge in [0.1, 0.15) is 5.76 Å². The molecule has 2 rings (SSSR count). The Morgan fingerprint density at radius 3 is 2.62 bits per heavy atom. The first-order valence-electron chi connectivity index (χ1n) is 8.16. The molecule has 0 aliphatic carbocycles. The number of furan rings is 1. The van der Waals surface area contributed by atoms with Gasteiger partial charge >= 0.3 is 0 Å². The molecule has 9 heteroatoms. The van der Waals surface area contributed by atoms with Crippen LogP contribution in [0.5, 0.6) is 0 Å². The van der Waals surface area contributed by atoms with Crippen molar-refractivity contribution in [2.75, 3.05) is 7.05 Å². The lowest BCUT2D eigenvalue weighted by molar-refractivity contribution is 0.0972. The van der Waals surface area contributed by atoms with Crippen molar-refractivity contribution in [2.24, 2.45) is 17.8 Å². The molecule has 2 heterocycles. The summed E-state index contributed by atoms with van der Waals surface area (Å²) in [5, 5.41) is 11.0. The average Bonchev–Trinajstić information content (AvgIpc) is 3.12. The van der Waals surface area contributed by atoms with Crippen molar-refractivity contribution < 1.29 is 9.21 Å². The third kappa shape index (κ3) is 5.48. The van der Waals surface area contributed by atoms with Crippen LogP contribution in [0.25, 0.3) is 0 Å². The molecular formula is C17H27IN6O2. The molecule has 2 aromatic heterocycles. The van der Waals surface area contributed by atoms with Gasteiger partial charge in [-0.25, -0.2) is 0 Å². The SMILES string of the molecule is CN=C(NCc1ccc(C(N)=O)o1)NC(C)Cc1c(C)nn(C)c1C.I. The molecule has 1 amide bonds. The number of rotatable bonds is 6. The number of hydrogen-bond donors (Lipinski definition) is 3. The number of nitrogens with zero attached hydrogens (tertiary/aromatic N) is 3. The molecule has 0 spiro atoms. The van der Waals surface area contributed by atoms with Crippen LogP contribution in [0.3, 0.4) is 0 Å². The number of aromatic nitrogens is 2. The van der Waals surface area contributed by atoms with Crippen molar-refractivity contribution in [3.8, 4) is 0 Å². The Kier molecular flexibility index (Phi) is 8.12. The molecule has 26 heavy (non-hydrogen) atoms. The lowest BCUT2D eigenvalue weighted by Crippen LogP contribution is -2.42. The van der Waals surface area contributed by atoms with E-state index in [2.05, 4.69) is 34.6 Å². The summed E-state index contributed by atoms with van der Waals surface area (Å²) in [4.78, 5) is 15.3. The Balaban J connectivity index is 0.00000338. The van der Waals surface area contributed by atoms with Gasteiger partial charge in [-0.15, -0.1) is 24.0 Å². The summed E-state index contributed by atoms with van der Waals surface area (Å²) in [5.74, 6) is 0.840. The minimum absolute atomic E-state index is 0. The molecule has 0 bridgehead atoms. The van der Waals surface area contributed by atoms with Crippen LogP contribution in [0.15, 0.2) is 21.5 Å². The molecule has 0 fully saturated rings. The van der Waals surface area contributed by atoms with Crippen molar-refractivity contribution in [3.05, 3.63) is 40.6 Å². The van der Waals surface area contributed by atoms with Gasteiger partial charge in [-0.3, -0.25) is 14.5 Å². The van der Waals surface area contributed by atoms with Gasteiger partial charge in [-0.05, 0) is 44.9 Å². The number of nitrogens with two attached hydrogens (primary N) is 1. The van der Waals surface area contributed by atoms with Gasteiger partial charge in [0, 0.05) is 25.8 Å². The molecule has 1 atom stereocenters. The van der Waals surface area contributed by atoms with E-state index in [1.807, 2.05) is 18.7 Å². The highest BCUT2D eigenvalue weighted by Crippen LogP contribution is 2.14. The molecule has 4 N–H and O–H groups in total. The maximum Gasteiger partial charge on any atom is 0.284 e. The Morgan fingerprint density at radius 1 is 1.42 bits per heavy atom. The fourth-order valence-electron chi connectivity index (χ4n) is 2.67. The largest absolute Gasteiger partial charge is 0.454 e. The second-order valence-corrected chi connectivity index (χ2v) is 6.08. The number of hydrogen-bond acceptors (Lipinski definition) is 4. The van der Waals surface area contributed by atoms with Gasteiger partial charge in [0.25, 0.3) is 5.91 Å². The molecule has 0 aromatic carbocycles. The van der Waals surface area contributed by atoms with E-state index in [0.717, 1.165) is 12.1 Å². The molecule has 8 nitrogen and oxygen atoms in total. The van der Waals surface area contributed by atoms with Crippen LogP contribution in [-0.4, -0.2) is 34.7 Å². The van der Waals surface area contributed by atoms with Crippen LogP contribution in [-0.2, 0) is 20.0 Å². The van der Waals surface area contributed by atoms with Crippen molar-refractivity contribution in [1.82, 2.24) is 20.4 Å². The van der Waals surface area contributed by atoms with Crippen LogP contribution in [0.4, 0.5) is 0 Å². The molecule has 0 aliphatic rings. The third-order valence-electron chi connectivity index (χ3n) is 4.11. The first-order chi connectivity index (χ1) is 11.8. The highest BCUT2D eigenvalue weighted by molar-refractivity contribution is 14.0. The molecule has 0 saturated heterocycles. The molecule has 1 unspecified atom stereocenters. The lowest BCUT2D eigenvalue weighted by atomic mass is 10.1. The lowest BCUT2D eigenvalue weighted by Gasteiger charge is -2.18. The van der Waals surface area contributed by atoms with E-state index >= 15 is 0 Å². The number of primary amides is 1. The van der Waals surface area contributed by atoms with E-state index < -0.39 is 5.91 Å². The summed E-state index contributed by atoms with van der Waals surface area (Å²) in [6, 6.07) is 3.45. The molecule has 0 saturated carbocycles. The zero-order valence-corrected chi connectivity index (χ0v) is 18.1. The van der Waals surface area contributed by atoms with Gasteiger partial charge in [0.15, 0.2) is 11.7 Å². The second kappa shape index (κ2) is 9.60. The summed E-state index contributed by atoms with van der Waals surface area (Å²) in [6.45, 7) is 6.60. The van der Waals surface area contributed by atoms with E-state index in [-0.39, 0.29) is 35.8 Å².